The van der Waals surface area contributed by atoms with E-state index in [1.54, 1.807) is 25.2 Å². The monoisotopic (exact) mass is 353 g/mol. The average molecular weight is 354 g/mol. The second-order valence-electron chi connectivity index (χ2n) is 4.21. The number of hydrogen-bond donors (Lipinski definition) is 0. The standard InChI is InChI=1S/C14H16BrN3O3/c1-4-20-10-7-6-9(8-11(10)21-5-2)13(19)12-14(15)16-17-18(12)3/h6-8H,4-5H2,1-3H3. The summed E-state index contributed by atoms with van der Waals surface area (Å²) in [6, 6.07) is 5.12. The molecule has 0 radical (unpaired) electrons. The molecule has 0 saturated heterocycles. The van der Waals surface area contributed by atoms with E-state index in [0.717, 1.165) is 0 Å². The Bertz CT molecular complexity index is 635. The molecule has 0 N–H and O–H groups in total. The van der Waals surface area contributed by atoms with Crippen molar-refractivity contribution in [1.29, 1.82) is 0 Å². The minimum atomic E-state index is -0.182. The third kappa shape index (κ3) is 3.24. The first-order chi connectivity index (χ1) is 10.1. The van der Waals surface area contributed by atoms with Crippen LogP contribution in [0.5, 0.6) is 11.5 Å². The highest BCUT2D eigenvalue weighted by molar-refractivity contribution is 9.10. The van der Waals surface area contributed by atoms with E-state index in [0.29, 0.717) is 40.6 Å². The maximum Gasteiger partial charge on any atom is 0.214 e. The van der Waals surface area contributed by atoms with Crippen LogP contribution in [0, 0.1) is 0 Å². The molecule has 0 fully saturated rings. The van der Waals surface area contributed by atoms with Gasteiger partial charge in [0.15, 0.2) is 16.1 Å². The number of carbonyl (C=O) groups is 1. The largest absolute Gasteiger partial charge is 0.490 e. The summed E-state index contributed by atoms with van der Waals surface area (Å²) in [5, 5.41) is 7.63. The number of ether oxygens (including phenoxy) is 2. The van der Waals surface area contributed by atoms with Crippen molar-refractivity contribution in [2.45, 2.75) is 13.8 Å². The van der Waals surface area contributed by atoms with Crippen LogP contribution in [0.15, 0.2) is 22.8 Å². The number of nitrogens with zero attached hydrogens (tertiary/aromatic N) is 3. The van der Waals surface area contributed by atoms with Gasteiger partial charge in [0.05, 0.1) is 13.2 Å². The van der Waals surface area contributed by atoms with Gasteiger partial charge in [-0.1, -0.05) is 5.21 Å². The Balaban J connectivity index is 2.40. The van der Waals surface area contributed by atoms with Crippen LogP contribution in [0.1, 0.15) is 29.9 Å². The predicted molar refractivity (Wildman–Crippen MR) is 80.9 cm³/mol. The zero-order valence-corrected chi connectivity index (χ0v) is 13.7. The lowest BCUT2D eigenvalue weighted by molar-refractivity contribution is 0.102. The van der Waals surface area contributed by atoms with Crippen molar-refractivity contribution in [2.75, 3.05) is 13.2 Å². The van der Waals surface area contributed by atoms with E-state index in [4.69, 9.17) is 9.47 Å². The van der Waals surface area contributed by atoms with Crippen molar-refractivity contribution in [2.24, 2.45) is 7.05 Å². The molecule has 21 heavy (non-hydrogen) atoms. The van der Waals surface area contributed by atoms with Crippen LogP contribution in [-0.4, -0.2) is 34.0 Å². The molecule has 1 aromatic carbocycles. The van der Waals surface area contributed by atoms with Crippen molar-refractivity contribution in [1.82, 2.24) is 15.0 Å². The van der Waals surface area contributed by atoms with E-state index in [-0.39, 0.29) is 5.78 Å². The summed E-state index contributed by atoms with van der Waals surface area (Å²) in [6.07, 6.45) is 0. The van der Waals surface area contributed by atoms with E-state index >= 15 is 0 Å². The molecule has 0 aliphatic rings. The fraction of sp³-hybridized carbons (Fsp3) is 0.357. The Labute approximate surface area is 131 Å². The summed E-state index contributed by atoms with van der Waals surface area (Å²) in [5.74, 6) is 0.993. The van der Waals surface area contributed by atoms with Crippen LogP contribution in [0.3, 0.4) is 0 Å². The Kier molecular flexibility index (Phi) is 4.95. The Morgan fingerprint density at radius 2 is 1.90 bits per heavy atom. The number of ketones is 1. The van der Waals surface area contributed by atoms with E-state index < -0.39 is 0 Å². The minimum Gasteiger partial charge on any atom is -0.490 e. The van der Waals surface area contributed by atoms with Gasteiger partial charge in [0.1, 0.15) is 5.69 Å². The van der Waals surface area contributed by atoms with Crippen LogP contribution < -0.4 is 9.47 Å². The molecule has 2 rings (SSSR count). The molecule has 2 aromatic rings. The molecular weight excluding hydrogens is 338 g/mol. The summed E-state index contributed by atoms with van der Waals surface area (Å²) in [5.41, 5.74) is 0.884. The van der Waals surface area contributed by atoms with Gasteiger partial charge in [-0.25, -0.2) is 4.68 Å². The quantitative estimate of drug-likeness (QED) is 0.746. The van der Waals surface area contributed by atoms with Gasteiger partial charge in [-0.2, -0.15) is 0 Å². The maximum atomic E-state index is 12.5. The normalized spacial score (nSPS) is 10.5. The second kappa shape index (κ2) is 6.71. The molecule has 0 saturated carbocycles. The Hall–Kier alpha value is -1.89. The first kappa shape index (κ1) is 15.5. The molecule has 6 nitrogen and oxygen atoms in total. The summed E-state index contributed by atoms with van der Waals surface area (Å²) >= 11 is 3.23. The summed E-state index contributed by atoms with van der Waals surface area (Å²) in [4.78, 5) is 12.5. The SMILES string of the molecule is CCOc1ccc(C(=O)c2c(Br)nnn2C)cc1OCC. The van der Waals surface area contributed by atoms with Gasteiger partial charge < -0.3 is 9.47 Å². The predicted octanol–water partition coefficient (Wildman–Crippen LogP) is 2.61. The van der Waals surface area contributed by atoms with Gasteiger partial charge in [0.25, 0.3) is 0 Å². The van der Waals surface area contributed by atoms with Crippen LogP contribution in [-0.2, 0) is 7.05 Å². The summed E-state index contributed by atoms with van der Waals surface area (Å²) in [7, 11) is 1.67. The number of aryl methyl sites for hydroxylation is 1. The first-order valence-electron chi connectivity index (χ1n) is 6.58. The van der Waals surface area contributed by atoms with Crippen molar-refractivity contribution in [3.63, 3.8) is 0 Å². The van der Waals surface area contributed by atoms with E-state index in [1.165, 1.54) is 4.68 Å². The fourth-order valence-corrected chi connectivity index (χ4v) is 2.41. The Morgan fingerprint density at radius 3 is 2.48 bits per heavy atom. The summed E-state index contributed by atoms with van der Waals surface area (Å²) < 4.78 is 12.9. The fourth-order valence-electron chi connectivity index (χ4n) is 1.90. The summed E-state index contributed by atoms with van der Waals surface area (Å²) in [6.45, 7) is 4.80. The number of rotatable bonds is 6. The van der Waals surface area contributed by atoms with Crippen molar-refractivity contribution in [3.05, 3.63) is 34.1 Å². The van der Waals surface area contributed by atoms with Crippen LogP contribution in [0.25, 0.3) is 0 Å². The first-order valence-corrected chi connectivity index (χ1v) is 7.37. The van der Waals surface area contributed by atoms with Crippen molar-refractivity contribution in [3.8, 4) is 11.5 Å². The highest BCUT2D eigenvalue weighted by atomic mass is 79.9. The molecular formula is C14H16BrN3O3. The third-order valence-corrected chi connectivity index (χ3v) is 3.34. The van der Waals surface area contributed by atoms with Gasteiger partial charge in [-0.05, 0) is 48.0 Å². The van der Waals surface area contributed by atoms with Crippen LogP contribution >= 0.6 is 15.9 Å². The zero-order valence-electron chi connectivity index (χ0n) is 12.1. The van der Waals surface area contributed by atoms with Crippen molar-refractivity contribution < 1.29 is 14.3 Å². The smallest absolute Gasteiger partial charge is 0.214 e. The van der Waals surface area contributed by atoms with Crippen molar-refractivity contribution >= 4 is 21.7 Å². The lowest BCUT2D eigenvalue weighted by Crippen LogP contribution is -2.09. The molecule has 0 atom stereocenters. The average Bonchev–Trinajstić information content (AvgIpc) is 2.80. The molecule has 0 bridgehead atoms. The maximum absolute atomic E-state index is 12.5. The van der Waals surface area contributed by atoms with E-state index in [2.05, 4.69) is 26.2 Å². The molecule has 112 valence electrons. The second-order valence-corrected chi connectivity index (χ2v) is 4.96. The molecule has 7 heteroatoms. The van der Waals surface area contributed by atoms with Gasteiger partial charge in [0, 0.05) is 12.6 Å². The number of aromatic nitrogens is 3. The van der Waals surface area contributed by atoms with Crippen LogP contribution in [0.2, 0.25) is 0 Å². The molecule has 0 amide bonds. The van der Waals surface area contributed by atoms with Gasteiger partial charge in [0.2, 0.25) is 5.78 Å². The van der Waals surface area contributed by atoms with Gasteiger partial charge in [-0.15, -0.1) is 5.10 Å². The van der Waals surface area contributed by atoms with Gasteiger partial charge >= 0.3 is 0 Å². The topological polar surface area (TPSA) is 66.2 Å². The lowest BCUT2D eigenvalue weighted by atomic mass is 10.1. The Morgan fingerprint density at radius 1 is 1.24 bits per heavy atom. The molecule has 0 unspecified atom stereocenters. The molecule has 1 aromatic heterocycles. The lowest BCUT2D eigenvalue weighted by Gasteiger charge is -2.12. The number of carbonyl (C=O) groups excluding carboxylic acids is 1. The van der Waals surface area contributed by atoms with E-state index in [9.17, 15) is 4.79 Å². The third-order valence-electron chi connectivity index (χ3n) is 2.81. The van der Waals surface area contributed by atoms with E-state index in [1.807, 2.05) is 13.8 Å². The molecule has 1 heterocycles. The number of hydrogen-bond acceptors (Lipinski definition) is 5. The minimum absolute atomic E-state index is 0.182. The van der Waals surface area contributed by atoms with Crippen LogP contribution in [0.4, 0.5) is 0 Å². The number of benzene rings is 1. The molecule has 0 spiro atoms. The van der Waals surface area contributed by atoms with Gasteiger partial charge in [-0.3, -0.25) is 4.79 Å². The highest BCUT2D eigenvalue weighted by Gasteiger charge is 2.20. The zero-order chi connectivity index (χ0) is 15.4. The molecule has 0 aliphatic carbocycles. The molecule has 0 aliphatic heterocycles. The number of halogens is 1. The highest BCUT2D eigenvalue weighted by Crippen LogP contribution is 2.30.